The summed E-state index contributed by atoms with van der Waals surface area (Å²) >= 11 is 6.50. The van der Waals surface area contributed by atoms with Gasteiger partial charge in [-0.05, 0) is 12.3 Å². The summed E-state index contributed by atoms with van der Waals surface area (Å²) in [5.74, 6) is 6.01. The Morgan fingerprint density at radius 1 is 1.20 bits per heavy atom. The summed E-state index contributed by atoms with van der Waals surface area (Å²) in [7, 11) is 1.81. The van der Waals surface area contributed by atoms with Gasteiger partial charge in [0.05, 0.1) is 6.61 Å². The van der Waals surface area contributed by atoms with E-state index in [4.69, 9.17) is 25.8 Å². The number of esters is 2. The van der Waals surface area contributed by atoms with Crippen molar-refractivity contribution in [2.24, 2.45) is 7.05 Å². The van der Waals surface area contributed by atoms with Gasteiger partial charge in [-0.1, -0.05) is 30.9 Å². The fourth-order valence-electron chi connectivity index (χ4n) is 3.81. The van der Waals surface area contributed by atoms with Gasteiger partial charge in [0.15, 0.2) is 40.9 Å². The third-order valence-electron chi connectivity index (χ3n) is 5.33. The number of hydrogen-bond acceptors (Lipinski definition) is 9. The van der Waals surface area contributed by atoms with Crippen LogP contribution in [-0.2, 0) is 30.8 Å². The molecule has 1 aliphatic heterocycles. The largest absolute Gasteiger partial charge is 0.456 e. The van der Waals surface area contributed by atoms with Crippen LogP contribution in [0, 0.1) is 11.8 Å². The van der Waals surface area contributed by atoms with E-state index >= 15 is 0 Å². The van der Waals surface area contributed by atoms with Crippen molar-refractivity contribution in [3.05, 3.63) is 23.4 Å². The maximum absolute atomic E-state index is 11.9. The number of hydrogen-bond donors (Lipinski definition) is 0. The van der Waals surface area contributed by atoms with E-state index in [1.54, 1.807) is 21.5 Å². The van der Waals surface area contributed by atoms with Crippen molar-refractivity contribution < 1.29 is 23.8 Å². The second kappa shape index (κ2) is 10.4. The molecule has 0 radical (unpaired) electrons. The molecule has 4 heterocycles. The van der Waals surface area contributed by atoms with Crippen LogP contribution in [0.1, 0.15) is 52.1 Å². The number of nitrogens with zero attached hydrogens (tertiary/aromatic N) is 6. The fourth-order valence-corrected chi connectivity index (χ4v) is 4.02. The maximum atomic E-state index is 11.9. The van der Waals surface area contributed by atoms with Crippen LogP contribution in [0.4, 0.5) is 0 Å². The van der Waals surface area contributed by atoms with Crippen LogP contribution in [0.25, 0.3) is 22.8 Å². The van der Waals surface area contributed by atoms with Crippen molar-refractivity contribution in [3.63, 3.8) is 0 Å². The molecule has 4 rings (SSSR count). The number of fused-ring (bicyclic) bond motifs is 1. The van der Waals surface area contributed by atoms with Gasteiger partial charge in [0.2, 0.25) is 5.82 Å². The van der Waals surface area contributed by atoms with E-state index in [2.05, 4.69) is 38.7 Å². The number of imidazole rings is 2. The van der Waals surface area contributed by atoms with E-state index < -0.39 is 30.4 Å². The lowest BCUT2D eigenvalue weighted by molar-refractivity contribution is -0.164. The molecule has 35 heavy (non-hydrogen) atoms. The molecular formula is C23H25ClN6O5. The molecule has 0 N–H and O–H groups in total. The summed E-state index contributed by atoms with van der Waals surface area (Å²) in [4.78, 5) is 41.5. The van der Waals surface area contributed by atoms with Gasteiger partial charge in [-0.25, -0.2) is 19.9 Å². The van der Waals surface area contributed by atoms with Gasteiger partial charge in [-0.3, -0.25) is 14.2 Å². The maximum Gasteiger partial charge on any atom is 0.303 e. The van der Waals surface area contributed by atoms with E-state index in [0.29, 0.717) is 29.2 Å². The Bertz CT molecular complexity index is 1320. The van der Waals surface area contributed by atoms with E-state index in [1.807, 2.05) is 7.05 Å². The highest BCUT2D eigenvalue weighted by molar-refractivity contribution is 6.33. The average Bonchev–Trinajstić information content (AvgIpc) is 3.48. The minimum atomic E-state index is -0.958. The standard InChI is InChI=1S/C23H25ClN6O5/c1-5-6-7-8-9-16-26-19(24)17-20(27-16)30(22(28-17)21-25-10-11-29(21)4)23-18(35-14(3)32)15(12-33-23)34-13(2)31/h10-11,15,18,23H,5-7,12H2,1-4H3/t15-,18-,23-/m1/s1. The predicted molar refractivity (Wildman–Crippen MR) is 125 cm³/mol. The van der Waals surface area contributed by atoms with E-state index in [1.165, 1.54) is 13.8 Å². The molecule has 184 valence electrons. The molecule has 0 saturated carbocycles. The molecule has 1 aliphatic rings. The highest BCUT2D eigenvalue weighted by Gasteiger charge is 2.45. The van der Waals surface area contributed by atoms with Crippen molar-refractivity contribution in [2.75, 3.05) is 6.61 Å². The molecule has 0 bridgehead atoms. The number of carbonyl (C=O) groups is 2. The lowest BCUT2D eigenvalue weighted by Gasteiger charge is -2.24. The first kappa shape index (κ1) is 24.6. The molecule has 0 aliphatic carbocycles. The Kier molecular flexibility index (Phi) is 7.33. The zero-order valence-corrected chi connectivity index (χ0v) is 20.6. The molecule has 1 fully saturated rings. The number of rotatable bonds is 6. The predicted octanol–water partition coefficient (Wildman–Crippen LogP) is 2.81. The number of ether oxygens (including phenoxy) is 3. The van der Waals surface area contributed by atoms with Gasteiger partial charge < -0.3 is 18.8 Å². The zero-order chi connectivity index (χ0) is 25.1. The van der Waals surface area contributed by atoms with Crippen LogP contribution in [0.3, 0.4) is 0 Å². The summed E-state index contributed by atoms with van der Waals surface area (Å²) in [5, 5.41) is 0.113. The van der Waals surface area contributed by atoms with Gasteiger partial charge >= 0.3 is 11.9 Å². The number of halogens is 1. The molecule has 0 aromatic carbocycles. The first-order chi connectivity index (χ1) is 16.8. The number of unbranched alkanes of at least 4 members (excludes halogenated alkanes) is 2. The minimum Gasteiger partial charge on any atom is -0.456 e. The van der Waals surface area contributed by atoms with Gasteiger partial charge in [-0.15, -0.1) is 0 Å². The summed E-state index contributed by atoms with van der Waals surface area (Å²) < 4.78 is 20.3. The minimum absolute atomic E-state index is 0.00433. The Balaban J connectivity index is 1.90. The van der Waals surface area contributed by atoms with Crippen LogP contribution in [0.5, 0.6) is 0 Å². The zero-order valence-electron chi connectivity index (χ0n) is 19.8. The topological polar surface area (TPSA) is 123 Å². The molecule has 1 saturated heterocycles. The van der Waals surface area contributed by atoms with Crippen LogP contribution >= 0.6 is 11.6 Å². The van der Waals surface area contributed by atoms with Crippen molar-refractivity contribution in [3.8, 4) is 23.5 Å². The number of aromatic nitrogens is 6. The van der Waals surface area contributed by atoms with Gasteiger partial charge in [0.25, 0.3) is 0 Å². The van der Waals surface area contributed by atoms with Crippen LogP contribution in [-0.4, -0.2) is 59.8 Å². The van der Waals surface area contributed by atoms with Crippen molar-refractivity contribution in [1.29, 1.82) is 0 Å². The SMILES string of the molecule is CCCCC#Cc1nc(Cl)c2nc(-c3nccn3C)n([C@@H]3OC[C@@H](OC(C)=O)[C@H]3OC(C)=O)c2n1. The van der Waals surface area contributed by atoms with Gasteiger partial charge in [-0.2, -0.15) is 0 Å². The monoisotopic (exact) mass is 500 g/mol. The highest BCUT2D eigenvalue weighted by atomic mass is 35.5. The van der Waals surface area contributed by atoms with E-state index in [-0.39, 0.29) is 17.6 Å². The van der Waals surface area contributed by atoms with Crippen molar-refractivity contribution in [2.45, 2.75) is 58.5 Å². The Morgan fingerprint density at radius 3 is 2.63 bits per heavy atom. The molecule has 0 unspecified atom stereocenters. The molecule has 12 heteroatoms. The smallest absolute Gasteiger partial charge is 0.303 e. The van der Waals surface area contributed by atoms with E-state index in [9.17, 15) is 9.59 Å². The highest BCUT2D eigenvalue weighted by Crippen LogP contribution is 2.36. The second-order valence-corrected chi connectivity index (χ2v) is 8.39. The summed E-state index contributed by atoms with van der Waals surface area (Å²) in [6, 6.07) is 0. The van der Waals surface area contributed by atoms with E-state index in [0.717, 1.165) is 12.8 Å². The molecule has 0 amide bonds. The normalized spacial score (nSPS) is 19.4. The molecule has 3 aromatic rings. The number of carbonyl (C=O) groups excluding carboxylic acids is 2. The lowest BCUT2D eigenvalue weighted by Crippen LogP contribution is -2.36. The molecule has 11 nitrogen and oxygen atoms in total. The van der Waals surface area contributed by atoms with Crippen molar-refractivity contribution in [1.82, 2.24) is 29.1 Å². The first-order valence-corrected chi connectivity index (χ1v) is 11.6. The lowest BCUT2D eigenvalue weighted by atomic mass is 10.2. The summed E-state index contributed by atoms with van der Waals surface area (Å²) in [5.41, 5.74) is 0.637. The second-order valence-electron chi connectivity index (χ2n) is 8.03. The average molecular weight is 501 g/mol. The summed E-state index contributed by atoms with van der Waals surface area (Å²) in [6.07, 6.45) is 3.37. The third-order valence-corrected chi connectivity index (χ3v) is 5.59. The Morgan fingerprint density at radius 2 is 1.97 bits per heavy atom. The van der Waals surface area contributed by atoms with Crippen LogP contribution in [0.2, 0.25) is 5.15 Å². The molecular weight excluding hydrogens is 476 g/mol. The molecule has 3 aromatic heterocycles. The summed E-state index contributed by atoms with van der Waals surface area (Å²) in [6.45, 7) is 4.64. The quantitative estimate of drug-likeness (QED) is 0.217. The number of aryl methyl sites for hydroxylation is 1. The molecule has 0 spiro atoms. The Labute approximate surface area is 206 Å². The first-order valence-electron chi connectivity index (χ1n) is 11.2. The molecule has 3 atom stereocenters. The Hall–Kier alpha value is -3.49. The van der Waals surface area contributed by atoms with Crippen molar-refractivity contribution >= 4 is 34.7 Å². The van der Waals surface area contributed by atoms with Crippen LogP contribution < -0.4 is 0 Å². The van der Waals surface area contributed by atoms with Gasteiger partial charge in [0.1, 0.15) is 5.52 Å². The van der Waals surface area contributed by atoms with Crippen LogP contribution in [0.15, 0.2) is 12.4 Å². The fraction of sp³-hybridized carbons (Fsp3) is 0.478. The van der Waals surface area contributed by atoms with Gasteiger partial charge in [0, 0.05) is 39.7 Å². The third kappa shape index (κ3) is 5.13.